The maximum atomic E-state index is 12.3. The first-order valence-corrected chi connectivity index (χ1v) is 5.13. The van der Waals surface area contributed by atoms with Crippen molar-refractivity contribution >= 4 is 0 Å². The zero-order valence-electron chi connectivity index (χ0n) is 9.12. The van der Waals surface area contributed by atoms with Crippen LogP contribution in [0.15, 0.2) is 4.52 Å². The number of hydrogen-bond acceptors (Lipinski definition) is 5. The van der Waals surface area contributed by atoms with Crippen LogP contribution in [0.4, 0.5) is 13.2 Å². The zero-order chi connectivity index (χ0) is 12.7. The Labute approximate surface area is 95.1 Å². The molecule has 1 fully saturated rings. The highest BCUT2D eigenvalue weighted by Crippen LogP contribution is 2.33. The van der Waals surface area contributed by atoms with Gasteiger partial charge in [0.1, 0.15) is 0 Å². The maximum Gasteiger partial charge on any atom is 0.471 e. The van der Waals surface area contributed by atoms with Crippen LogP contribution < -0.4 is 5.73 Å². The second-order valence-corrected chi connectivity index (χ2v) is 4.21. The number of halogens is 3. The normalized spacial score (nSPS) is 30.5. The lowest BCUT2D eigenvalue weighted by Gasteiger charge is -2.33. The number of ether oxygens (including phenoxy) is 1. The van der Waals surface area contributed by atoms with Crippen molar-refractivity contribution in [2.45, 2.75) is 37.6 Å². The monoisotopic (exact) mass is 251 g/mol. The molecular weight excluding hydrogens is 239 g/mol. The summed E-state index contributed by atoms with van der Waals surface area (Å²) in [5.74, 6) is -1.48. The quantitative estimate of drug-likeness (QED) is 0.817. The first-order chi connectivity index (χ1) is 7.81. The van der Waals surface area contributed by atoms with Crippen LogP contribution in [-0.2, 0) is 16.5 Å². The summed E-state index contributed by atoms with van der Waals surface area (Å²) in [5.41, 5.74) is 4.99. The molecule has 1 aromatic heterocycles. The van der Waals surface area contributed by atoms with Crippen molar-refractivity contribution in [2.75, 3.05) is 6.61 Å². The van der Waals surface area contributed by atoms with Crippen LogP contribution in [0.5, 0.6) is 0 Å². The van der Waals surface area contributed by atoms with E-state index >= 15 is 0 Å². The van der Waals surface area contributed by atoms with Crippen molar-refractivity contribution in [1.82, 2.24) is 10.1 Å². The van der Waals surface area contributed by atoms with E-state index in [1.807, 2.05) is 0 Å². The molecule has 1 aromatic rings. The van der Waals surface area contributed by atoms with Gasteiger partial charge in [0.2, 0.25) is 0 Å². The lowest BCUT2D eigenvalue weighted by atomic mass is 9.87. The summed E-state index contributed by atoms with van der Waals surface area (Å²) >= 11 is 0. The van der Waals surface area contributed by atoms with Gasteiger partial charge in [-0.1, -0.05) is 5.16 Å². The van der Waals surface area contributed by atoms with Gasteiger partial charge in [-0.2, -0.15) is 18.2 Å². The SMILES string of the molecule is CC1CC(N)(c2noc(C(F)(F)F)n2)CCO1. The predicted molar refractivity (Wildman–Crippen MR) is 49.8 cm³/mol. The number of aromatic nitrogens is 2. The Morgan fingerprint density at radius 1 is 1.47 bits per heavy atom. The van der Waals surface area contributed by atoms with Gasteiger partial charge < -0.3 is 15.0 Å². The van der Waals surface area contributed by atoms with Gasteiger partial charge in [0.05, 0.1) is 11.6 Å². The van der Waals surface area contributed by atoms with E-state index in [-0.39, 0.29) is 11.9 Å². The van der Waals surface area contributed by atoms with Crippen LogP contribution in [0.3, 0.4) is 0 Å². The topological polar surface area (TPSA) is 74.2 Å². The molecule has 0 aliphatic carbocycles. The van der Waals surface area contributed by atoms with Crippen LogP contribution in [0.25, 0.3) is 0 Å². The first kappa shape index (κ1) is 12.3. The van der Waals surface area contributed by atoms with E-state index in [0.29, 0.717) is 19.4 Å². The van der Waals surface area contributed by atoms with Gasteiger partial charge >= 0.3 is 12.1 Å². The Hall–Kier alpha value is -1.15. The summed E-state index contributed by atoms with van der Waals surface area (Å²) in [6.07, 6.45) is -4.04. The molecule has 2 N–H and O–H groups in total. The molecule has 17 heavy (non-hydrogen) atoms. The fourth-order valence-electron chi connectivity index (χ4n) is 1.86. The van der Waals surface area contributed by atoms with Gasteiger partial charge in [-0.15, -0.1) is 0 Å². The molecule has 2 heterocycles. The lowest BCUT2D eigenvalue weighted by molar-refractivity contribution is -0.159. The van der Waals surface area contributed by atoms with Crippen LogP contribution in [-0.4, -0.2) is 22.9 Å². The van der Waals surface area contributed by atoms with Crippen molar-refractivity contribution in [1.29, 1.82) is 0 Å². The van der Waals surface area contributed by atoms with Crippen molar-refractivity contribution in [3.05, 3.63) is 11.7 Å². The van der Waals surface area contributed by atoms with E-state index in [4.69, 9.17) is 10.5 Å². The van der Waals surface area contributed by atoms with Crippen LogP contribution >= 0.6 is 0 Å². The molecule has 0 saturated carbocycles. The highest BCUT2D eigenvalue weighted by atomic mass is 19.4. The Balaban J connectivity index is 2.24. The van der Waals surface area contributed by atoms with Crippen LogP contribution in [0, 0.1) is 0 Å². The molecular formula is C9H12F3N3O2. The Kier molecular flexibility index (Phi) is 2.86. The van der Waals surface area contributed by atoms with Crippen molar-refractivity contribution < 1.29 is 22.4 Å². The third-order valence-corrected chi connectivity index (χ3v) is 2.72. The molecule has 0 radical (unpaired) electrons. The van der Waals surface area contributed by atoms with Gasteiger partial charge in [0.25, 0.3) is 0 Å². The van der Waals surface area contributed by atoms with E-state index in [2.05, 4.69) is 14.7 Å². The van der Waals surface area contributed by atoms with Crippen LogP contribution in [0.1, 0.15) is 31.5 Å². The van der Waals surface area contributed by atoms with E-state index in [1.54, 1.807) is 6.92 Å². The second kappa shape index (κ2) is 3.95. The predicted octanol–water partition coefficient (Wildman–Crippen LogP) is 1.44. The third-order valence-electron chi connectivity index (χ3n) is 2.72. The molecule has 1 aliphatic heterocycles. The molecule has 1 saturated heterocycles. The summed E-state index contributed by atoms with van der Waals surface area (Å²) < 4.78 is 46.4. The molecule has 0 spiro atoms. The van der Waals surface area contributed by atoms with Gasteiger partial charge in [0.15, 0.2) is 5.82 Å². The van der Waals surface area contributed by atoms with Gasteiger partial charge in [-0.25, -0.2) is 0 Å². The molecule has 96 valence electrons. The fraction of sp³-hybridized carbons (Fsp3) is 0.778. The molecule has 5 nitrogen and oxygen atoms in total. The lowest BCUT2D eigenvalue weighted by Crippen LogP contribution is -2.45. The highest BCUT2D eigenvalue weighted by molar-refractivity contribution is 5.06. The van der Waals surface area contributed by atoms with Gasteiger partial charge in [0, 0.05) is 6.61 Å². The maximum absolute atomic E-state index is 12.3. The molecule has 2 unspecified atom stereocenters. The molecule has 0 bridgehead atoms. The van der Waals surface area contributed by atoms with E-state index < -0.39 is 17.6 Å². The Morgan fingerprint density at radius 2 is 2.18 bits per heavy atom. The standard InChI is InChI=1S/C9H12F3N3O2/c1-5-4-8(13,2-3-16-5)6-14-7(17-15-6)9(10,11)12/h5H,2-4,13H2,1H3. The Morgan fingerprint density at radius 3 is 2.71 bits per heavy atom. The number of hydrogen-bond donors (Lipinski definition) is 1. The van der Waals surface area contributed by atoms with Crippen molar-refractivity contribution in [3.8, 4) is 0 Å². The summed E-state index contributed by atoms with van der Waals surface area (Å²) in [7, 11) is 0. The fourth-order valence-corrected chi connectivity index (χ4v) is 1.86. The summed E-state index contributed by atoms with van der Waals surface area (Å²) in [4.78, 5) is 3.33. The second-order valence-electron chi connectivity index (χ2n) is 4.21. The summed E-state index contributed by atoms with van der Waals surface area (Å²) in [5, 5.41) is 3.33. The van der Waals surface area contributed by atoms with Crippen LogP contribution in [0.2, 0.25) is 0 Å². The first-order valence-electron chi connectivity index (χ1n) is 5.13. The minimum Gasteiger partial charge on any atom is -0.378 e. The van der Waals surface area contributed by atoms with E-state index in [1.165, 1.54) is 0 Å². The van der Waals surface area contributed by atoms with E-state index in [0.717, 1.165) is 0 Å². The van der Waals surface area contributed by atoms with Crippen molar-refractivity contribution in [2.24, 2.45) is 5.73 Å². The van der Waals surface area contributed by atoms with E-state index in [9.17, 15) is 13.2 Å². The van der Waals surface area contributed by atoms with Gasteiger partial charge in [-0.3, -0.25) is 0 Å². The minimum atomic E-state index is -4.64. The summed E-state index contributed by atoms with van der Waals surface area (Å²) in [6, 6.07) is 0. The summed E-state index contributed by atoms with van der Waals surface area (Å²) in [6.45, 7) is 2.17. The molecule has 2 rings (SSSR count). The molecule has 2 atom stereocenters. The molecule has 0 amide bonds. The molecule has 0 aromatic carbocycles. The van der Waals surface area contributed by atoms with Gasteiger partial charge in [-0.05, 0) is 19.8 Å². The third kappa shape index (κ3) is 2.42. The number of rotatable bonds is 1. The zero-order valence-corrected chi connectivity index (χ0v) is 9.12. The average molecular weight is 251 g/mol. The minimum absolute atomic E-state index is 0.111. The number of nitrogens with two attached hydrogens (primary N) is 1. The molecule has 1 aliphatic rings. The number of nitrogens with zero attached hydrogens (tertiary/aromatic N) is 2. The largest absolute Gasteiger partial charge is 0.471 e. The average Bonchev–Trinajstić information content (AvgIpc) is 2.65. The van der Waals surface area contributed by atoms with Crippen molar-refractivity contribution in [3.63, 3.8) is 0 Å². The molecule has 8 heteroatoms. The highest BCUT2D eigenvalue weighted by Gasteiger charge is 2.43. The Bertz CT molecular complexity index is 406. The number of alkyl halides is 3. The smallest absolute Gasteiger partial charge is 0.378 e.